The summed E-state index contributed by atoms with van der Waals surface area (Å²) in [6.07, 6.45) is -0.281. The molecule has 0 saturated heterocycles. The third kappa shape index (κ3) is 14.1. The quantitative estimate of drug-likeness (QED) is 0.398. The summed E-state index contributed by atoms with van der Waals surface area (Å²) in [6.45, 7) is 4.64. The summed E-state index contributed by atoms with van der Waals surface area (Å²) in [5.74, 6) is -1.29. The molecule has 0 aliphatic heterocycles. The van der Waals surface area contributed by atoms with Crippen molar-refractivity contribution in [2.24, 2.45) is 5.92 Å². The zero-order valence-electron chi connectivity index (χ0n) is 13.3. The Morgan fingerprint density at radius 2 is 1.35 bits per heavy atom. The van der Waals surface area contributed by atoms with Crippen molar-refractivity contribution in [3.8, 4) is 0 Å². The first kappa shape index (κ1) is 31.9. The van der Waals surface area contributed by atoms with Gasteiger partial charge < -0.3 is 25.2 Å². The van der Waals surface area contributed by atoms with E-state index in [0.29, 0.717) is 0 Å². The van der Waals surface area contributed by atoms with Crippen LogP contribution in [-0.4, -0.2) is 66.2 Å². The maximum absolute atomic E-state index is 11.1. The number of ketones is 1. The van der Waals surface area contributed by atoms with E-state index in [2.05, 4.69) is 4.74 Å². The summed E-state index contributed by atoms with van der Waals surface area (Å²) in [5.41, 5.74) is -1.59. The summed E-state index contributed by atoms with van der Waals surface area (Å²) in [7, 11) is 4.23. The number of rotatable bonds is 4. The second kappa shape index (κ2) is 21.0. The molecule has 0 aromatic rings. The van der Waals surface area contributed by atoms with Crippen molar-refractivity contribution in [1.29, 1.82) is 0 Å². The van der Waals surface area contributed by atoms with Crippen LogP contribution in [0, 0.1) is 5.92 Å². The van der Waals surface area contributed by atoms with E-state index in [1.807, 2.05) is 0 Å². The van der Waals surface area contributed by atoms with E-state index in [-0.39, 0.29) is 34.1 Å². The van der Waals surface area contributed by atoms with Gasteiger partial charge in [-0.3, -0.25) is 9.59 Å². The average molecular weight is 332 g/mol. The minimum atomic E-state index is -1.59. The van der Waals surface area contributed by atoms with Gasteiger partial charge in [-0.2, -0.15) is 0 Å². The molecule has 0 amide bonds. The molecule has 0 aromatic carbocycles. The SMILES string of the molecule is CO.CO.CO.COC(=O)CC(O)(C(C)=O)C(C)C.[Ti]. The molecule has 0 spiro atoms. The van der Waals surface area contributed by atoms with Gasteiger partial charge in [-0.05, 0) is 12.8 Å². The van der Waals surface area contributed by atoms with E-state index >= 15 is 0 Å². The van der Waals surface area contributed by atoms with Crippen LogP contribution in [0.2, 0.25) is 0 Å². The Morgan fingerprint density at radius 3 is 1.50 bits per heavy atom. The summed E-state index contributed by atoms with van der Waals surface area (Å²) >= 11 is 0. The monoisotopic (exact) mass is 332 g/mol. The fraction of sp³-hybridized carbons (Fsp3) is 0.833. The van der Waals surface area contributed by atoms with Gasteiger partial charge >= 0.3 is 5.97 Å². The van der Waals surface area contributed by atoms with Crippen molar-refractivity contribution in [3.05, 3.63) is 0 Å². The summed E-state index contributed by atoms with van der Waals surface area (Å²) in [4.78, 5) is 22.0. The Kier molecular flexibility index (Phi) is 33.5. The third-order valence-corrected chi connectivity index (χ3v) is 2.21. The predicted octanol–water partition coefficient (Wildman–Crippen LogP) is -0.651. The molecule has 20 heavy (non-hydrogen) atoms. The molecule has 0 saturated carbocycles. The van der Waals surface area contributed by atoms with Crippen molar-refractivity contribution < 1.29 is 56.5 Å². The summed E-state index contributed by atoms with van der Waals surface area (Å²) in [6, 6.07) is 0. The van der Waals surface area contributed by atoms with Crippen LogP contribution in [0.1, 0.15) is 27.2 Å². The third-order valence-electron chi connectivity index (χ3n) is 2.21. The zero-order valence-corrected chi connectivity index (χ0v) is 14.9. The zero-order chi connectivity index (χ0) is 16.6. The number of Topliss-reactive ketones (excluding diaryl/α,β-unsaturated/α-hetero) is 1. The van der Waals surface area contributed by atoms with Gasteiger partial charge in [-0.1, -0.05) is 13.8 Å². The molecular weight excluding hydrogens is 304 g/mol. The van der Waals surface area contributed by atoms with Crippen LogP contribution in [0.4, 0.5) is 0 Å². The van der Waals surface area contributed by atoms with Crippen LogP contribution < -0.4 is 0 Å². The number of hydrogen-bond acceptors (Lipinski definition) is 7. The molecule has 0 aliphatic carbocycles. The summed E-state index contributed by atoms with van der Waals surface area (Å²) < 4.78 is 4.40. The molecule has 0 radical (unpaired) electrons. The van der Waals surface area contributed by atoms with Gasteiger partial charge in [0.15, 0.2) is 5.78 Å². The van der Waals surface area contributed by atoms with Crippen molar-refractivity contribution >= 4 is 11.8 Å². The van der Waals surface area contributed by atoms with Crippen LogP contribution in [0.5, 0.6) is 0 Å². The first-order valence-corrected chi connectivity index (χ1v) is 5.49. The van der Waals surface area contributed by atoms with Gasteiger partial charge in [0, 0.05) is 43.0 Å². The number of carbonyl (C=O) groups excluding carboxylic acids is 2. The van der Waals surface area contributed by atoms with E-state index in [9.17, 15) is 14.7 Å². The van der Waals surface area contributed by atoms with Crippen LogP contribution >= 0.6 is 0 Å². The number of esters is 1. The molecular formula is C12H28O7Ti. The molecule has 0 bridgehead atoms. The Hall–Kier alpha value is -0.306. The van der Waals surface area contributed by atoms with Crippen LogP contribution in [0.3, 0.4) is 0 Å². The smallest absolute Gasteiger partial charge is 0.308 e. The van der Waals surface area contributed by atoms with Gasteiger partial charge in [0.1, 0.15) is 5.60 Å². The molecule has 122 valence electrons. The van der Waals surface area contributed by atoms with Crippen molar-refractivity contribution in [1.82, 2.24) is 0 Å². The van der Waals surface area contributed by atoms with E-state index < -0.39 is 17.4 Å². The van der Waals surface area contributed by atoms with Crippen molar-refractivity contribution in [2.75, 3.05) is 28.4 Å². The maximum atomic E-state index is 11.1. The Bertz CT molecular complexity index is 222. The number of aliphatic hydroxyl groups excluding tert-OH is 3. The van der Waals surface area contributed by atoms with E-state index in [1.54, 1.807) is 13.8 Å². The normalized spacial score (nSPS) is 10.8. The number of methoxy groups -OCH3 is 1. The van der Waals surface area contributed by atoms with Gasteiger partial charge in [0.2, 0.25) is 0 Å². The molecule has 0 fully saturated rings. The summed E-state index contributed by atoms with van der Waals surface area (Å²) in [5, 5.41) is 30.8. The molecule has 0 rings (SSSR count). The van der Waals surface area contributed by atoms with Crippen LogP contribution in [-0.2, 0) is 36.0 Å². The average Bonchev–Trinajstić information content (AvgIpc) is 2.44. The van der Waals surface area contributed by atoms with E-state index in [0.717, 1.165) is 21.3 Å². The molecule has 1 unspecified atom stereocenters. The first-order valence-electron chi connectivity index (χ1n) is 5.49. The van der Waals surface area contributed by atoms with E-state index in [4.69, 9.17) is 15.3 Å². The first-order chi connectivity index (χ1) is 8.84. The van der Waals surface area contributed by atoms with Crippen molar-refractivity contribution in [2.45, 2.75) is 32.8 Å². The number of ether oxygens (including phenoxy) is 1. The fourth-order valence-electron chi connectivity index (χ4n) is 1.03. The maximum Gasteiger partial charge on any atom is 0.308 e. The number of carbonyl (C=O) groups is 2. The molecule has 7 nitrogen and oxygen atoms in total. The number of aliphatic hydroxyl groups is 4. The van der Waals surface area contributed by atoms with Gasteiger partial charge in [0.25, 0.3) is 0 Å². The largest absolute Gasteiger partial charge is 0.469 e. The molecule has 0 aliphatic rings. The second-order valence-electron chi connectivity index (χ2n) is 3.39. The molecule has 0 aromatic heterocycles. The standard InChI is InChI=1S/C9H16O4.3CH4O.Ti/c1-6(2)9(12,7(3)10)5-8(11)13-4;3*1-2;/h6,12H,5H2,1-4H3;3*2H,1H3;. The van der Waals surface area contributed by atoms with Gasteiger partial charge in [-0.15, -0.1) is 0 Å². The topological polar surface area (TPSA) is 124 Å². The van der Waals surface area contributed by atoms with Crippen molar-refractivity contribution in [3.63, 3.8) is 0 Å². The molecule has 1 atom stereocenters. The van der Waals surface area contributed by atoms with Gasteiger partial charge in [-0.25, -0.2) is 0 Å². The Labute approximate surface area is 135 Å². The van der Waals surface area contributed by atoms with Crippen LogP contribution in [0.25, 0.3) is 0 Å². The molecule has 0 heterocycles. The van der Waals surface area contributed by atoms with Gasteiger partial charge in [0.05, 0.1) is 13.5 Å². The minimum Gasteiger partial charge on any atom is -0.469 e. The Balaban J connectivity index is -0.0000000940. The number of hydrogen-bond donors (Lipinski definition) is 4. The predicted molar refractivity (Wildman–Crippen MR) is 71.5 cm³/mol. The minimum absolute atomic E-state index is 0. The molecule has 8 heteroatoms. The second-order valence-corrected chi connectivity index (χ2v) is 3.39. The fourth-order valence-corrected chi connectivity index (χ4v) is 1.03. The molecule has 4 N–H and O–H groups in total. The van der Waals surface area contributed by atoms with Crippen LogP contribution in [0.15, 0.2) is 0 Å². The van der Waals surface area contributed by atoms with E-state index in [1.165, 1.54) is 14.0 Å². The Morgan fingerprint density at radius 1 is 1.05 bits per heavy atom.